The molecule has 108 valence electrons. The molecule has 2 atom stereocenters. The molecule has 1 aromatic heterocycles. The van der Waals surface area contributed by atoms with Gasteiger partial charge in [0, 0.05) is 37.6 Å². The van der Waals surface area contributed by atoms with Gasteiger partial charge in [-0.05, 0) is 32.1 Å². The van der Waals surface area contributed by atoms with E-state index in [9.17, 15) is 0 Å². The summed E-state index contributed by atoms with van der Waals surface area (Å²) >= 11 is 6.18. The fraction of sp³-hybridized carbons (Fsp3) is 0.733. The van der Waals surface area contributed by atoms with Crippen LogP contribution in [0.2, 0.25) is 5.15 Å². The predicted octanol–water partition coefficient (Wildman–Crippen LogP) is 3.01. The van der Waals surface area contributed by atoms with Crippen LogP contribution in [0.5, 0.6) is 0 Å². The zero-order chi connectivity index (χ0) is 13.5. The van der Waals surface area contributed by atoms with E-state index in [-0.39, 0.29) is 0 Å². The fourth-order valence-electron chi connectivity index (χ4n) is 3.40. The van der Waals surface area contributed by atoms with Crippen molar-refractivity contribution in [1.82, 2.24) is 9.97 Å². The highest BCUT2D eigenvalue weighted by Gasteiger charge is 2.33. The Morgan fingerprint density at radius 1 is 1.20 bits per heavy atom. The van der Waals surface area contributed by atoms with E-state index in [1.165, 1.54) is 25.7 Å². The topological polar surface area (TPSA) is 38.2 Å². The lowest BCUT2D eigenvalue weighted by atomic mass is 9.88. The van der Waals surface area contributed by atoms with E-state index in [0.717, 1.165) is 37.8 Å². The third-order valence-electron chi connectivity index (χ3n) is 4.68. The first-order chi connectivity index (χ1) is 9.79. The summed E-state index contributed by atoms with van der Waals surface area (Å²) in [5, 5.41) is 0.582. The van der Waals surface area contributed by atoms with Gasteiger partial charge in [-0.3, -0.25) is 0 Å². The average molecular weight is 294 g/mol. The minimum Gasteiger partial charge on any atom is -0.378 e. The summed E-state index contributed by atoms with van der Waals surface area (Å²) in [5.41, 5.74) is 0. The maximum atomic E-state index is 6.18. The number of halogens is 1. The van der Waals surface area contributed by atoms with Crippen molar-refractivity contribution in [2.24, 2.45) is 5.92 Å². The molecule has 0 bridgehead atoms. The van der Waals surface area contributed by atoms with Crippen LogP contribution < -0.4 is 4.90 Å². The zero-order valence-corrected chi connectivity index (χ0v) is 12.4. The normalized spacial score (nSPS) is 30.1. The number of rotatable bonds is 2. The number of hydrogen-bond acceptors (Lipinski definition) is 4. The van der Waals surface area contributed by atoms with Gasteiger partial charge in [0.1, 0.15) is 16.8 Å². The second kappa shape index (κ2) is 5.15. The monoisotopic (exact) mass is 293 g/mol. The van der Waals surface area contributed by atoms with Crippen LogP contribution in [0.25, 0.3) is 0 Å². The van der Waals surface area contributed by atoms with Crippen molar-refractivity contribution in [2.45, 2.75) is 44.1 Å². The average Bonchev–Trinajstić information content (AvgIpc) is 3.31. The first-order valence-electron chi connectivity index (χ1n) is 7.70. The maximum Gasteiger partial charge on any atom is 0.135 e. The third-order valence-corrected chi connectivity index (χ3v) is 4.87. The number of piperidine rings is 1. The van der Waals surface area contributed by atoms with Crippen molar-refractivity contribution in [3.63, 3.8) is 0 Å². The van der Waals surface area contributed by atoms with Crippen molar-refractivity contribution in [1.29, 1.82) is 0 Å². The molecule has 1 saturated carbocycles. The van der Waals surface area contributed by atoms with Gasteiger partial charge in [-0.15, -0.1) is 0 Å². The number of aromatic nitrogens is 2. The Morgan fingerprint density at radius 3 is 2.95 bits per heavy atom. The molecule has 2 saturated heterocycles. The lowest BCUT2D eigenvalue weighted by Gasteiger charge is -2.41. The van der Waals surface area contributed by atoms with Gasteiger partial charge in [0.05, 0.1) is 6.10 Å². The first kappa shape index (κ1) is 12.8. The van der Waals surface area contributed by atoms with Crippen molar-refractivity contribution in [2.75, 3.05) is 24.6 Å². The van der Waals surface area contributed by atoms with Crippen molar-refractivity contribution < 1.29 is 4.74 Å². The van der Waals surface area contributed by atoms with Crippen molar-refractivity contribution in [3.05, 3.63) is 17.0 Å². The smallest absolute Gasteiger partial charge is 0.135 e. The van der Waals surface area contributed by atoms with Crippen LogP contribution in [0.4, 0.5) is 5.82 Å². The van der Waals surface area contributed by atoms with Gasteiger partial charge in [0.15, 0.2) is 0 Å². The molecule has 3 heterocycles. The molecule has 4 nitrogen and oxygen atoms in total. The summed E-state index contributed by atoms with van der Waals surface area (Å²) in [6.07, 6.45) is 6.43. The van der Waals surface area contributed by atoms with E-state index in [4.69, 9.17) is 21.3 Å². The number of nitrogens with zero attached hydrogens (tertiary/aromatic N) is 3. The van der Waals surface area contributed by atoms with Crippen LogP contribution in [0.1, 0.15) is 43.8 Å². The molecular weight excluding hydrogens is 274 g/mol. The SMILES string of the molecule is Clc1cc(N2CCC3OCCCC3C2)nc(C2CC2)n1. The van der Waals surface area contributed by atoms with Crippen LogP contribution in [-0.2, 0) is 4.74 Å². The van der Waals surface area contributed by atoms with Crippen molar-refractivity contribution in [3.8, 4) is 0 Å². The Balaban J connectivity index is 1.55. The minimum atomic E-state index is 0.459. The highest BCUT2D eigenvalue weighted by molar-refractivity contribution is 6.29. The molecule has 0 radical (unpaired) electrons. The molecule has 1 aromatic rings. The predicted molar refractivity (Wildman–Crippen MR) is 78.3 cm³/mol. The molecule has 5 heteroatoms. The molecule has 1 aliphatic carbocycles. The summed E-state index contributed by atoms with van der Waals surface area (Å²) < 4.78 is 5.88. The maximum absolute atomic E-state index is 6.18. The minimum absolute atomic E-state index is 0.459. The fourth-order valence-corrected chi connectivity index (χ4v) is 3.59. The zero-order valence-electron chi connectivity index (χ0n) is 11.6. The summed E-state index contributed by atoms with van der Waals surface area (Å²) in [4.78, 5) is 11.5. The molecule has 20 heavy (non-hydrogen) atoms. The van der Waals surface area contributed by atoms with Gasteiger partial charge >= 0.3 is 0 Å². The molecule has 3 aliphatic rings. The van der Waals surface area contributed by atoms with E-state index in [0.29, 0.717) is 23.1 Å². The Bertz CT molecular complexity index is 506. The quantitative estimate of drug-likeness (QED) is 0.786. The standard InChI is InChI=1S/C15H20ClN3O/c16-13-8-14(18-15(17-13)10-3-4-10)19-6-5-12-11(9-19)2-1-7-20-12/h8,10-12H,1-7,9H2. The number of ether oxygens (including phenoxy) is 1. The number of hydrogen-bond donors (Lipinski definition) is 0. The summed E-state index contributed by atoms with van der Waals surface area (Å²) in [6, 6.07) is 1.91. The van der Waals surface area contributed by atoms with Crippen LogP contribution in [0.15, 0.2) is 6.07 Å². The lowest BCUT2D eigenvalue weighted by molar-refractivity contribution is -0.0358. The van der Waals surface area contributed by atoms with Crippen LogP contribution in [-0.4, -0.2) is 35.8 Å². The second-order valence-corrected chi connectivity index (χ2v) is 6.61. The van der Waals surface area contributed by atoms with E-state index < -0.39 is 0 Å². The van der Waals surface area contributed by atoms with E-state index in [2.05, 4.69) is 9.88 Å². The first-order valence-corrected chi connectivity index (χ1v) is 8.08. The summed E-state index contributed by atoms with van der Waals surface area (Å²) in [5.74, 6) is 3.14. The second-order valence-electron chi connectivity index (χ2n) is 6.23. The van der Waals surface area contributed by atoms with Crippen molar-refractivity contribution >= 4 is 17.4 Å². The van der Waals surface area contributed by atoms with Crippen LogP contribution in [0, 0.1) is 5.92 Å². The van der Waals surface area contributed by atoms with Gasteiger partial charge in [-0.25, -0.2) is 9.97 Å². The highest BCUT2D eigenvalue weighted by atomic mass is 35.5. The Labute approximate surface area is 124 Å². The molecule has 4 rings (SSSR count). The largest absolute Gasteiger partial charge is 0.378 e. The highest BCUT2D eigenvalue weighted by Crippen LogP contribution is 2.39. The number of anilines is 1. The molecule has 0 spiro atoms. The Kier molecular flexibility index (Phi) is 3.31. The van der Waals surface area contributed by atoms with Gasteiger partial charge in [0.25, 0.3) is 0 Å². The van der Waals surface area contributed by atoms with Gasteiger partial charge in [-0.2, -0.15) is 0 Å². The molecule has 0 amide bonds. The molecular formula is C15H20ClN3O. The summed E-state index contributed by atoms with van der Waals surface area (Å²) in [6.45, 7) is 2.99. The lowest BCUT2D eigenvalue weighted by Crippen LogP contribution is -2.46. The van der Waals surface area contributed by atoms with E-state index in [1.807, 2.05) is 6.07 Å². The molecule has 0 N–H and O–H groups in total. The van der Waals surface area contributed by atoms with Gasteiger partial charge in [0.2, 0.25) is 0 Å². The van der Waals surface area contributed by atoms with E-state index >= 15 is 0 Å². The molecule has 2 aliphatic heterocycles. The number of fused-ring (bicyclic) bond motifs is 1. The van der Waals surface area contributed by atoms with E-state index in [1.54, 1.807) is 0 Å². The van der Waals surface area contributed by atoms with Gasteiger partial charge < -0.3 is 9.64 Å². The van der Waals surface area contributed by atoms with Crippen LogP contribution >= 0.6 is 11.6 Å². The Morgan fingerprint density at radius 2 is 2.10 bits per heavy atom. The summed E-state index contributed by atoms with van der Waals surface area (Å²) in [7, 11) is 0. The molecule has 0 aromatic carbocycles. The van der Waals surface area contributed by atoms with Crippen LogP contribution in [0.3, 0.4) is 0 Å². The molecule has 3 fully saturated rings. The Hall–Kier alpha value is -0.870. The third kappa shape index (κ3) is 2.51. The van der Waals surface area contributed by atoms with Gasteiger partial charge in [-0.1, -0.05) is 11.6 Å². The molecule has 2 unspecified atom stereocenters.